The van der Waals surface area contributed by atoms with E-state index < -0.39 is 0 Å². The van der Waals surface area contributed by atoms with Crippen LogP contribution in [0, 0.1) is 0 Å². The van der Waals surface area contributed by atoms with Gasteiger partial charge < -0.3 is 9.32 Å². The molecule has 0 aliphatic heterocycles. The molecule has 3 heteroatoms. The molecule has 0 amide bonds. The van der Waals surface area contributed by atoms with E-state index in [-0.39, 0.29) is 0 Å². The minimum atomic E-state index is 0.894. The third-order valence-electron chi connectivity index (χ3n) is 10.9. The molecule has 2 heterocycles. The van der Waals surface area contributed by atoms with Crippen molar-refractivity contribution in [2.45, 2.75) is 0 Å². The monoisotopic (exact) mass is 719 g/mol. The standard InChI is InChI=1S/C52H33NOS/c1-2-13-35(14-3-1)42-29-28-38(41-22-11-16-34-15-4-5-19-40(34)41)32-48(42)53(47-24-12-23-46-45-21-7-9-26-51(45)55-52(46)47)39-18-10-17-36(31-39)37-27-30-44-43-20-6-8-25-49(43)54-50(44)33-37/h1-33H. The second-order valence-electron chi connectivity index (χ2n) is 14.1. The Hall–Kier alpha value is -6.94. The highest BCUT2D eigenvalue weighted by Gasteiger charge is 2.23. The van der Waals surface area contributed by atoms with Gasteiger partial charge in [-0.25, -0.2) is 0 Å². The fourth-order valence-corrected chi connectivity index (χ4v) is 9.48. The molecule has 0 aliphatic rings. The van der Waals surface area contributed by atoms with Gasteiger partial charge in [-0.15, -0.1) is 11.3 Å². The van der Waals surface area contributed by atoms with E-state index in [1.807, 2.05) is 23.5 Å². The summed E-state index contributed by atoms with van der Waals surface area (Å²) in [6, 6.07) is 72.4. The van der Waals surface area contributed by atoms with Gasteiger partial charge in [-0.3, -0.25) is 0 Å². The zero-order valence-electron chi connectivity index (χ0n) is 29.8. The Morgan fingerprint density at radius 1 is 0.364 bits per heavy atom. The van der Waals surface area contributed by atoms with Crippen LogP contribution in [0.5, 0.6) is 0 Å². The van der Waals surface area contributed by atoms with Gasteiger partial charge in [0.2, 0.25) is 0 Å². The maximum Gasteiger partial charge on any atom is 0.136 e. The lowest BCUT2D eigenvalue weighted by molar-refractivity contribution is 0.669. The van der Waals surface area contributed by atoms with E-state index in [1.165, 1.54) is 47.6 Å². The summed E-state index contributed by atoms with van der Waals surface area (Å²) in [5.74, 6) is 0. The van der Waals surface area contributed by atoms with Gasteiger partial charge in [-0.2, -0.15) is 0 Å². The summed E-state index contributed by atoms with van der Waals surface area (Å²) in [7, 11) is 0. The Bertz CT molecular complexity index is 3220. The van der Waals surface area contributed by atoms with E-state index in [0.29, 0.717) is 0 Å². The van der Waals surface area contributed by atoms with Crippen LogP contribution in [0.3, 0.4) is 0 Å². The summed E-state index contributed by atoms with van der Waals surface area (Å²) in [6.45, 7) is 0. The molecule has 0 saturated heterocycles. The van der Waals surface area contributed by atoms with Gasteiger partial charge in [0, 0.05) is 37.5 Å². The van der Waals surface area contributed by atoms with Gasteiger partial charge in [0.1, 0.15) is 11.2 Å². The topological polar surface area (TPSA) is 16.4 Å². The normalized spacial score (nSPS) is 11.6. The quantitative estimate of drug-likeness (QED) is 0.170. The number of fused-ring (bicyclic) bond motifs is 7. The number of thiophene rings is 1. The molecule has 11 aromatic rings. The lowest BCUT2D eigenvalue weighted by Gasteiger charge is -2.29. The van der Waals surface area contributed by atoms with Crippen molar-refractivity contribution in [3.05, 3.63) is 200 Å². The van der Waals surface area contributed by atoms with Gasteiger partial charge in [0.05, 0.1) is 16.1 Å². The Kier molecular flexibility index (Phi) is 7.39. The average Bonchev–Trinajstić information content (AvgIpc) is 3.83. The molecule has 0 spiro atoms. The highest BCUT2D eigenvalue weighted by molar-refractivity contribution is 7.26. The van der Waals surface area contributed by atoms with Crippen molar-refractivity contribution in [3.63, 3.8) is 0 Å². The van der Waals surface area contributed by atoms with Crippen LogP contribution in [-0.4, -0.2) is 0 Å². The third kappa shape index (κ3) is 5.32. The molecule has 2 nitrogen and oxygen atoms in total. The van der Waals surface area contributed by atoms with E-state index in [1.54, 1.807) is 0 Å². The number of para-hydroxylation sites is 1. The molecule has 0 N–H and O–H groups in total. The second kappa shape index (κ2) is 12.9. The third-order valence-corrected chi connectivity index (χ3v) is 12.1. The molecule has 9 aromatic carbocycles. The largest absolute Gasteiger partial charge is 0.456 e. The van der Waals surface area contributed by atoms with Crippen molar-refractivity contribution in [2.24, 2.45) is 0 Å². The number of hydrogen-bond donors (Lipinski definition) is 0. The Labute approximate surface area is 322 Å². The molecule has 0 fully saturated rings. The van der Waals surface area contributed by atoms with Crippen molar-refractivity contribution < 1.29 is 4.42 Å². The number of rotatable bonds is 6. The molecule has 11 rings (SSSR count). The van der Waals surface area contributed by atoms with Crippen LogP contribution in [0.4, 0.5) is 17.1 Å². The average molecular weight is 720 g/mol. The predicted molar refractivity (Wildman–Crippen MR) is 235 cm³/mol. The Morgan fingerprint density at radius 2 is 1.04 bits per heavy atom. The number of hydrogen-bond acceptors (Lipinski definition) is 3. The first-order chi connectivity index (χ1) is 27.3. The molecule has 0 atom stereocenters. The van der Waals surface area contributed by atoms with Crippen molar-refractivity contribution >= 4 is 81.3 Å². The number of furan rings is 1. The predicted octanol–water partition coefficient (Wildman–Crippen LogP) is 15.6. The Balaban J connectivity index is 1.18. The molecular formula is C52H33NOS. The van der Waals surface area contributed by atoms with Crippen molar-refractivity contribution in [3.8, 4) is 33.4 Å². The smallest absolute Gasteiger partial charge is 0.136 e. The highest BCUT2D eigenvalue weighted by atomic mass is 32.1. The van der Waals surface area contributed by atoms with E-state index >= 15 is 0 Å². The summed E-state index contributed by atoms with van der Waals surface area (Å²) < 4.78 is 8.89. The van der Waals surface area contributed by atoms with Crippen LogP contribution in [0.1, 0.15) is 0 Å². The van der Waals surface area contributed by atoms with Crippen molar-refractivity contribution in [1.29, 1.82) is 0 Å². The van der Waals surface area contributed by atoms with Gasteiger partial charge in [0.15, 0.2) is 0 Å². The fraction of sp³-hybridized carbons (Fsp3) is 0. The van der Waals surface area contributed by atoms with Crippen LogP contribution in [-0.2, 0) is 0 Å². The first-order valence-electron chi connectivity index (χ1n) is 18.7. The van der Waals surface area contributed by atoms with Gasteiger partial charge >= 0.3 is 0 Å². The van der Waals surface area contributed by atoms with Crippen LogP contribution < -0.4 is 4.90 Å². The molecule has 2 aromatic heterocycles. The maximum absolute atomic E-state index is 6.35. The van der Waals surface area contributed by atoms with Crippen molar-refractivity contribution in [2.75, 3.05) is 4.90 Å². The lowest BCUT2D eigenvalue weighted by Crippen LogP contribution is -2.12. The minimum absolute atomic E-state index is 0.894. The molecule has 0 radical (unpaired) electrons. The number of anilines is 3. The van der Waals surface area contributed by atoms with Gasteiger partial charge in [-0.1, -0.05) is 152 Å². The second-order valence-corrected chi connectivity index (χ2v) is 15.1. The summed E-state index contributed by atoms with van der Waals surface area (Å²) in [5, 5.41) is 7.29. The molecular weight excluding hydrogens is 687 g/mol. The summed E-state index contributed by atoms with van der Waals surface area (Å²) >= 11 is 1.86. The van der Waals surface area contributed by atoms with Crippen LogP contribution >= 0.6 is 11.3 Å². The summed E-state index contributed by atoms with van der Waals surface area (Å²) in [4.78, 5) is 2.48. The molecule has 0 aliphatic carbocycles. The Morgan fingerprint density at radius 3 is 1.96 bits per heavy atom. The summed E-state index contributed by atoms with van der Waals surface area (Å²) in [5.41, 5.74) is 12.1. The van der Waals surface area contributed by atoms with E-state index in [9.17, 15) is 0 Å². The van der Waals surface area contributed by atoms with Gasteiger partial charge in [-0.05, 0) is 87.1 Å². The van der Waals surface area contributed by atoms with E-state index in [4.69, 9.17) is 4.42 Å². The lowest BCUT2D eigenvalue weighted by atomic mass is 9.94. The zero-order valence-corrected chi connectivity index (χ0v) is 30.6. The molecule has 0 unspecified atom stereocenters. The highest BCUT2D eigenvalue weighted by Crippen LogP contribution is 2.49. The maximum atomic E-state index is 6.35. The van der Waals surface area contributed by atoms with Crippen LogP contribution in [0.2, 0.25) is 0 Å². The van der Waals surface area contributed by atoms with Crippen molar-refractivity contribution in [1.82, 2.24) is 0 Å². The van der Waals surface area contributed by atoms with E-state index in [2.05, 4.69) is 193 Å². The first-order valence-corrected chi connectivity index (χ1v) is 19.5. The molecule has 55 heavy (non-hydrogen) atoms. The minimum Gasteiger partial charge on any atom is -0.456 e. The number of nitrogens with zero attached hydrogens (tertiary/aromatic N) is 1. The molecule has 258 valence electrons. The van der Waals surface area contributed by atoms with E-state index in [0.717, 1.165) is 55.7 Å². The molecule has 0 bridgehead atoms. The van der Waals surface area contributed by atoms with Gasteiger partial charge in [0.25, 0.3) is 0 Å². The van der Waals surface area contributed by atoms with Crippen LogP contribution in [0.15, 0.2) is 205 Å². The summed E-state index contributed by atoms with van der Waals surface area (Å²) in [6.07, 6.45) is 0. The SMILES string of the molecule is c1ccc(-c2ccc(-c3cccc4ccccc34)cc2N(c2cccc(-c3ccc4c(c3)oc3ccccc34)c2)c2cccc3c2sc2ccccc23)cc1. The first kappa shape index (κ1) is 31.6. The number of benzene rings is 9. The van der Waals surface area contributed by atoms with Crippen LogP contribution in [0.25, 0.3) is 86.3 Å². The zero-order chi connectivity index (χ0) is 36.3. The fourth-order valence-electron chi connectivity index (χ4n) is 8.27. The molecule has 0 saturated carbocycles.